The maximum absolute atomic E-state index is 13.7. The van der Waals surface area contributed by atoms with Crippen LogP contribution in [0, 0.1) is 25.2 Å². The van der Waals surface area contributed by atoms with Crippen LogP contribution in [0.25, 0.3) is 11.3 Å². The van der Waals surface area contributed by atoms with Gasteiger partial charge >= 0.3 is 0 Å². The Bertz CT molecular complexity index is 1380. The molecule has 34 heavy (non-hydrogen) atoms. The molecule has 1 aliphatic carbocycles. The van der Waals surface area contributed by atoms with Gasteiger partial charge in [-0.2, -0.15) is 5.26 Å². The van der Waals surface area contributed by atoms with Crippen molar-refractivity contribution < 1.29 is 18.7 Å². The SMILES string of the molecule is COc1cc(N2C(S)N(c3cnc(C#N)c(C)c3)C(=O)C23CCC3=O)ccc1-c1ccc(C)o1. The highest BCUT2D eigenvalue weighted by Crippen LogP contribution is 2.49. The Morgan fingerprint density at radius 1 is 1.21 bits per heavy atom. The summed E-state index contributed by atoms with van der Waals surface area (Å²) < 4.78 is 11.4. The molecular formula is C25H22N4O4S. The molecule has 3 heterocycles. The number of carbonyl (C=O) groups is 2. The number of ketones is 1. The van der Waals surface area contributed by atoms with Crippen molar-refractivity contribution in [1.82, 2.24) is 4.98 Å². The summed E-state index contributed by atoms with van der Waals surface area (Å²) in [6, 6.07) is 13.0. The normalized spacial score (nSPS) is 21.7. The number of nitriles is 1. The number of aryl methyl sites for hydroxylation is 2. The lowest BCUT2D eigenvalue weighted by Crippen LogP contribution is -2.62. The van der Waals surface area contributed by atoms with Crippen LogP contribution < -0.4 is 14.5 Å². The summed E-state index contributed by atoms with van der Waals surface area (Å²) >= 11 is 4.78. The smallest absolute Gasteiger partial charge is 0.263 e. The second-order valence-corrected chi connectivity index (χ2v) is 8.90. The minimum atomic E-state index is -1.33. The lowest BCUT2D eigenvalue weighted by molar-refractivity contribution is -0.138. The van der Waals surface area contributed by atoms with Crippen molar-refractivity contribution in [3.05, 3.63) is 59.6 Å². The van der Waals surface area contributed by atoms with Gasteiger partial charge in [0.25, 0.3) is 5.91 Å². The van der Waals surface area contributed by atoms with Crippen LogP contribution in [-0.2, 0) is 9.59 Å². The lowest BCUT2D eigenvalue weighted by Gasteiger charge is -2.43. The predicted octanol–water partition coefficient (Wildman–Crippen LogP) is 4.01. The number of furan rings is 1. The van der Waals surface area contributed by atoms with E-state index in [2.05, 4.69) is 4.98 Å². The number of aromatic nitrogens is 1. The molecule has 1 saturated heterocycles. The minimum absolute atomic E-state index is 0.151. The summed E-state index contributed by atoms with van der Waals surface area (Å²) in [5.41, 5.74) is 0.711. The molecule has 3 aromatic rings. The van der Waals surface area contributed by atoms with E-state index in [4.69, 9.17) is 21.8 Å². The number of anilines is 2. The molecule has 0 bridgehead atoms. The molecular weight excluding hydrogens is 452 g/mol. The van der Waals surface area contributed by atoms with Crippen molar-refractivity contribution in [1.29, 1.82) is 5.26 Å². The van der Waals surface area contributed by atoms with Crippen molar-refractivity contribution in [2.24, 2.45) is 0 Å². The van der Waals surface area contributed by atoms with Gasteiger partial charge < -0.3 is 14.1 Å². The number of methoxy groups -OCH3 is 1. The maximum atomic E-state index is 13.7. The maximum Gasteiger partial charge on any atom is 0.263 e. The number of rotatable bonds is 4. The summed E-state index contributed by atoms with van der Waals surface area (Å²) in [4.78, 5) is 34.0. The van der Waals surface area contributed by atoms with E-state index >= 15 is 0 Å². The second kappa shape index (κ2) is 7.92. The fourth-order valence-electron chi connectivity index (χ4n) is 4.69. The summed E-state index contributed by atoms with van der Waals surface area (Å²) in [5, 5.41) is 9.21. The number of benzene rings is 1. The average molecular weight is 475 g/mol. The van der Waals surface area contributed by atoms with Crippen molar-refractivity contribution in [3.63, 3.8) is 0 Å². The number of ether oxygens (including phenoxy) is 1. The minimum Gasteiger partial charge on any atom is -0.496 e. The third kappa shape index (κ3) is 3.02. The van der Waals surface area contributed by atoms with E-state index in [-0.39, 0.29) is 17.4 Å². The Morgan fingerprint density at radius 3 is 2.56 bits per heavy atom. The Hall–Kier alpha value is -3.77. The summed E-state index contributed by atoms with van der Waals surface area (Å²) in [7, 11) is 1.56. The van der Waals surface area contributed by atoms with E-state index in [9.17, 15) is 14.9 Å². The Kier molecular flexibility index (Phi) is 5.14. The number of amides is 1. The molecule has 1 saturated carbocycles. The van der Waals surface area contributed by atoms with E-state index in [0.29, 0.717) is 41.3 Å². The largest absolute Gasteiger partial charge is 0.496 e. The number of pyridine rings is 1. The van der Waals surface area contributed by atoms with Crippen molar-refractivity contribution in [2.75, 3.05) is 16.9 Å². The number of thiol groups is 1. The molecule has 2 atom stereocenters. The summed E-state index contributed by atoms with van der Waals surface area (Å²) in [6.07, 6.45) is 2.18. The van der Waals surface area contributed by atoms with Gasteiger partial charge in [0.2, 0.25) is 0 Å². The first-order valence-electron chi connectivity index (χ1n) is 10.8. The third-order valence-corrected chi connectivity index (χ3v) is 7.00. The second-order valence-electron chi connectivity index (χ2n) is 8.44. The molecule has 1 aliphatic heterocycles. The molecule has 2 unspecified atom stereocenters. The van der Waals surface area contributed by atoms with Crippen LogP contribution in [0.1, 0.15) is 29.9 Å². The first-order chi connectivity index (χ1) is 16.3. The Labute approximate surface area is 202 Å². The highest BCUT2D eigenvalue weighted by Gasteiger charge is 2.65. The molecule has 8 nitrogen and oxygen atoms in total. The summed E-state index contributed by atoms with van der Waals surface area (Å²) in [6.45, 7) is 3.62. The molecule has 9 heteroatoms. The van der Waals surface area contributed by atoms with Crippen molar-refractivity contribution in [2.45, 2.75) is 37.7 Å². The lowest BCUT2D eigenvalue weighted by atomic mass is 9.73. The molecule has 5 rings (SSSR count). The number of hydrogen-bond acceptors (Lipinski definition) is 8. The Morgan fingerprint density at radius 2 is 2.00 bits per heavy atom. The monoisotopic (exact) mass is 474 g/mol. The molecule has 1 amide bonds. The number of nitrogens with zero attached hydrogens (tertiary/aromatic N) is 4. The van der Waals surface area contributed by atoms with Gasteiger partial charge in [-0.05, 0) is 56.2 Å². The van der Waals surface area contributed by atoms with Crippen LogP contribution >= 0.6 is 12.6 Å². The van der Waals surface area contributed by atoms with Crippen LogP contribution in [0.5, 0.6) is 5.75 Å². The van der Waals surface area contributed by atoms with Gasteiger partial charge in [-0.3, -0.25) is 14.5 Å². The highest BCUT2D eigenvalue weighted by atomic mass is 32.1. The van der Waals surface area contributed by atoms with Crippen LogP contribution in [0.4, 0.5) is 11.4 Å². The van der Waals surface area contributed by atoms with Gasteiger partial charge in [-0.15, -0.1) is 12.6 Å². The van der Waals surface area contributed by atoms with E-state index < -0.39 is 11.0 Å². The first kappa shape index (κ1) is 22.0. The van der Waals surface area contributed by atoms with Crippen LogP contribution in [0.15, 0.2) is 47.0 Å². The van der Waals surface area contributed by atoms with Gasteiger partial charge in [0.1, 0.15) is 29.0 Å². The fraction of sp³-hybridized carbons (Fsp3) is 0.280. The molecule has 1 spiro atoms. The van der Waals surface area contributed by atoms with Crippen LogP contribution in [0.2, 0.25) is 0 Å². The van der Waals surface area contributed by atoms with Crippen molar-refractivity contribution in [3.8, 4) is 23.1 Å². The number of Topliss-reactive ketones (excluding diaryl/α,β-unsaturated/α-hetero) is 1. The third-order valence-electron chi connectivity index (χ3n) is 6.54. The van der Waals surface area contributed by atoms with Crippen LogP contribution in [-0.4, -0.2) is 34.8 Å². The Balaban J connectivity index is 1.61. The molecule has 1 aromatic carbocycles. The summed E-state index contributed by atoms with van der Waals surface area (Å²) in [5.74, 6) is 1.50. The molecule has 0 N–H and O–H groups in total. The van der Waals surface area contributed by atoms with E-state index in [1.807, 2.05) is 37.3 Å². The van der Waals surface area contributed by atoms with Gasteiger partial charge in [-0.1, -0.05) is 0 Å². The van der Waals surface area contributed by atoms with Gasteiger partial charge in [0, 0.05) is 18.2 Å². The molecule has 0 radical (unpaired) electrons. The van der Waals surface area contributed by atoms with Crippen molar-refractivity contribution >= 4 is 35.7 Å². The zero-order valence-corrected chi connectivity index (χ0v) is 19.8. The number of hydrogen-bond donors (Lipinski definition) is 1. The van der Waals surface area contributed by atoms with Gasteiger partial charge in [-0.25, -0.2) is 4.98 Å². The standard InChI is InChI=1S/C25H22N4O4S/c1-14-10-17(13-27-19(14)12-26)28-23(31)25(9-8-22(25)30)29(24(28)34)16-5-6-18(21(11-16)32-3)20-7-4-15(2)33-20/h4-7,10-11,13,24,34H,8-9H2,1-3H3. The zero-order valence-electron chi connectivity index (χ0n) is 18.9. The van der Waals surface area contributed by atoms with E-state index in [1.54, 1.807) is 31.1 Å². The molecule has 2 aliphatic rings. The highest BCUT2D eigenvalue weighted by molar-refractivity contribution is 7.81. The number of carbonyl (C=O) groups excluding carboxylic acids is 2. The van der Waals surface area contributed by atoms with Gasteiger partial charge in [0.15, 0.2) is 16.8 Å². The molecule has 2 aromatic heterocycles. The van der Waals surface area contributed by atoms with E-state index in [1.165, 1.54) is 11.1 Å². The first-order valence-corrected chi connectivity index (χ1v) is 11.3. The zero-order chi connectivity index (χ0) is 24.2. The fourth-order valence-corrected chi connectivity index (χ4v) is 5.26. The van der Waals surface area contributed by atoms with Crippen LogP contribution in [0.3, 0.4) is 0 Å². The molecule has 2 fully saturated rings. The van der Waals surface area contributed by atoms with Gasteiger partial charge in [0.05, 0.1) is 24.6 Å². The topological polar surface area (TPSA) is 99.7 Å². The quantitative estimate of drug-likeness (QED) is 0.451. The molecule has 172 valence electrons. The predicted molar refractivity (Wildman–Crippen MR) is 129 cm³/mol. The average Bonchev–Trinajstić information content (AvgIpc) is 3.36. The van der Waals surface area contributed by atoms with E-state index in [0.717, 1.165) is 11.3 Å².